The van der Waals surface area contributed by atoms with Gasteiger partial charge in [-0.3, -0.25) is 0 Å². The number of ether oxygens (including phenoxy) is 2. The van der Waals surface area contributed by atoms with Crippen LogP contribution in [0.25, 0.3) is 0 Å². The Morgan fingerprint density at radius 1 is 0.833 bits per heavy atom. The molecule has 0 bridgehead atoms. The van der Waals surface area contributed by atoms with Gasteiger partial charge in [0.2, 0.25) is 0 Å². The smallest absolute Gasteiger partial charge is 0.431 e. The van der Waals surface area contributed by atoms with Gasteiger partial charge in [0, 0.05) is 0 Å². The van der Waals surface area contributed by atoms with E-state index in [0.717, 1.165) is 25.7 Å². The fourth-order valence-electron chi connectivity index (χ4n) is 1.90. The van der Waals surface area contributed by atoms with Crippen LogP contribution in [-0.2, 0) is 9.47 Å². The Balaban J connectivity index is 4.28. The van der Waals surface area contributed by atoms with Gasteiger partial charge in [-0.1, -0.05) is 54.4 Å². The van der Waals surface area contributed by atoms with Crippen molar-refractivity contribution in [2.24, 2.45) is 11.8 Å². The van der Waals surface area contributed by atoms with Crippen LogP contribution in [0.5, 0.6) is 0 Å². The van der Waals surface area contributed by atoms with E-state index in [2.05, 4.69) is 41.5 Å². The van der Waals surface area contributed by atoms with E-state index >= 15 is 0 Å². The van der Waals surface area contributed by atoms with Gasteiger partial charge in [0.25, 0.3) is 0 Å². The summed E-state index contributed by atoms with van der Waals surface area (Å²) in [6.07, 6.45) is 3.25. The maximum Gasteiger partial charge on any atom is 0.508 e. The molecule has 0 spiro atoms. The maximum absolute atomic E-state index is 11.8. The maximum atomic E-state index is 11.8. The first-order valence-electron chi connectivity index (χ1n) is 7.29. The van der Waals surface area contributed by atoms with Gasteiger partial charge < -0.3 is 9.47 Å². The minimum atomic E-state index is -0.505. The molecule has 2 atom stereocenters. The van der Waals surface area contributed by atoms with Crippen molar-refractivity contribution in [2.45, 2.75) is 79.4 Å². The van der Waals surface area contributed by atoms with E-state index < -0.39 is 6.16 Å². The number of hydrogen-bond acceptors (Lipinski definition) is 3. The third-order valence-electron chi connectivity index (χ3n) is 3.13. The molecule has 0 aromatic carbocycles. The second-order valence-corrected chi connectivity index (χ2v) is 5.63. The number of rotatable bonds is 8. The molecular formula is C15H30O3. The van der Waals surface area contributed by atoms with E-state index in [1.165, 1.54) is 0 Å². The van der Waals surface area contributed by atoms with Gasteiger partial charge in [-0.05, 0) is 24.7 Å². The molecule has 0 heterocycles. The molecule has 0 aliphatic rings. The van der Waals surface area contributed by atoms with Crippen LogP contribution in [0.2, 0.25) is 0 Å². The molecule has 0 radical (unpaired) electrons. The average molecular weight is 258 g/mol. The molecule has 0 aromatic rings. The Hall–Kier alpha value is -0.730. The topological polar surface area (TPSA) is 35.5 Å². The third-order valence-corrected chi connectivity index (χ3v) is 3.13. The average Bonchev–Trinajstić information content (AvgIpc) is 2.27. The second kappa shape index (κ2) is 9.23. The van der Waals surface area contributed by atoms with Crippen molar-refractivity contribution in [3.63, 3.8) is 0 Å². The van der Waals surface area contributed by atoms with Crippen molar-refractivity contribution in [3.05, 3.63) is 0 Å². The van der Waals surface area contributed by atoms with Gasteiger partial charge >= 0.3 is 6.16 Å². The van der Waals surface area contributed by atoms with E-state index in [1.54, 1.807) is 0 Å². The summed E-state index contributed by atoms with van der Waals surface area (Å²) in [5.41, 5.74) is 0. The highest BCUT2D eigenvalue weighted by atomic mass is 16.7. The predicted molar refractivity (Wildman–Crippen MR) is 74.6 cm³/mol. The first kappa shape index (κ1) is 17.3. The van der Waals surface area contributed by atoms with Crippen molar-refractivity contribution in [1.29, 1.82) is 0 Å². The van der Waals surface area contributed by atoms with E-state index in [0.29, 0.717) is 11.8 Å². The SMILES string of the molecule is CCCC(OC(=O)OC(CCC)C(C)C)C(C)C. The van der Waals surface area contributed by atoms with Crippen LogP contribution in [0.1, 0.15) is 67.2 Å². The fraction of sp³-hybridized carbons (Fsp3) is 0.933. The van der Waals surface area contributed by atoms with E-state index in [4.69, 9.17) is 9.47 Å². The second-order valence-electron chi connectivity index (χ2n) is 5.63. The molecule has 0 aliphatic heterocycles. The van der Waals surface area contributed by atoms with Crippen LogP contribution in [-0.4, -0.2) is 18.4 Å². The summed E-state index contributed by atoms with van der Waals surface area (Å²) in [5, 5.41) is 0. The van der Waals surface area contributed by atoms with Crippen molar-refractivity contribution in [1.82, 2.24) is 0 Å². The van der Waals surface area contributed by atoms with Crippen molar-refractivity contribution in [3.8, 4) is 0 Å². The standard InChI is InChI=1S/C15H30O3/c1-7-9-13(11(3)4)17-15(16)18-14(10-8-2)12(5)6/h11-14H,7-10H2,1-6H3. The molecule has 0 saturated carbocycles. The Bertz CT molecular complexity index is 202. The monoisotopic (exact) mass is 258 g/mol. The lowest BCUT2D eigenvalue weighted by Gasteiger charge is -2.24. The number of hydrogen-bond donors (Lipinski definition) is 0. The van der Waals surface area contributed by atoms with Gasteiger partial charge in [-0.2, -0.15) is 0 Å². The zero-order valence-corrected chi connectivity index (χ0v) is 12.9. The Labute approximate surface area is 112 Å². The highest BCUT2D eigenvalue weighted by Gasteiger charge is 2.22. The van der Waals surface area contributed by atoms with Crippen LogP contribution in [0.15, 0.2) is 0 Å². The molecule has 0 amide bonds. The summed E-state index contributed by atoms with van der Waals surface area (Å²) in [5.74, 6) is 0.669. The largest absolute Gasteiger partial charge is 0.508 e. The number of carbonyl (C=O) groups is 1. The zero-order chi connectivity index (χ0) is 14.1. The van der Waals surface area contributed by atoms with Crippen molar-refractivity contribution >= 4 is 6.16 Å². The highest BCUT2D eigenvalue weighted by Crippen LogP contribution is 2.17. The third kappa shape index (κ3) is 6.87. The summed E-state index contributed by atoms with van der Waals surface area (Å²) < 4.78 is 10.8. The molecule has 2 unspecified atom stereocenters. The normalized spacial score (nSPS) is 14.7. The quantitative estimate of drug-likeness (QED) is 0.587. The van der Waals surface area contributed by atoms with Crippen LogP contribution in [0.3, 0.4) is 0 Å². The van der Waals surface area contributed by atoms with Gasteiger partial charge in [-0.25, -0.2) is 4.79 Å². The van der Waals surface area contributed by atoms with E-state index in [-0.39, 0.29) is 12.2 Å². The Kier molecular flexibility index (Phi) is 8.86. The molecule has 3 nitrogen and oxygen atoms in total. The highest BCUT2D eigenvalue weighted by molar-refractivity contribution is 5.60. The zero-order valence-electron chi connectivity index (χ0n) is 12.9. The minimum absolute atomic E-state index is 0.0306. The molecule has 0 saturated heterocycles. The molecule has 108 valence electrons. The molecule has 0 fully saturated rings. The first-order chi connectivity index (χ1) is 8.42. The lowest BCUT2D eigenvalue weighted by molar-refractivity contribution is -0.0290. The van der Waals surface area contributed by atoms with Gasteiger partial charge in [0.05, 0.1) is 0 Å². The fourth-order valence-corrected chi connectivity index (χ4v) is 1.90. The molecule has 0 rings (SSSR count). The number of carbonyl (C=O) groups excluding carboxylic acids is 1. The van der Waals surface area contributed by atoms with Crippen LogP contribution in [0, 0.1) is 11.8 Å². The predicted octanol–water partition coefficient (Wildman–Crippen LogP) is 4.79. The van der Waals surface area contributed by atoms with Gasteiger partial charge in [-0.15, -0.1) is 0 Å². The van der Waals surface area contributed by atoms with Gasteiger partial charge in [0.1, 0.15) is 12.2 Å². The first-order valence-corrected chi connectivity index (χ1v) is 7.29. The lowest BCUT2D eigenvalue weighted by Crippen LogP contribution is -2.29. The molecule has 0 N–H and O–H groups in total. The van der Waals surface area contributed by atoms with Crippen LogP contribution in [0.4, 0.5) is 4.79 Å². The van der Waals surface area contributed by atoms with E-state index in [1.807, 2.05) is 0 Å². The van der Waals surface area contributed by atoms with Crippen LogP contribution < -0.4 is 0 Å². The molecule has 3 heteroatoms. The van der Waals surface area contributed by atoms with E-state index in [9.17, 15) is 4.79 Å². The Morgan fingerprint density at radius 2 is 1.17 bits per heavy atom. The lowest BCUT2D eigenvalue weighted by atomic mass is 10.0. The van der Waals surface area contributed by atoms with Crippen LogP contribution >= 0.6 is 0 Å². The summed E-state index contributed by atoms with van der Waals surface area (Å²) in [6.45, 7) is 12.5. The van der Waals surface area contributed by atoms with Crippen molar-refractivity contribution in [2.75, 3.05) is 0 Å². The summed E-state index contributed by atoms with van der Waals surface area (Å²) in [6, 6.07) is 0. The molecular weight excluding hydrogens is 228 g/mol. The van der Waals surface area contributed by atoms with Gasteiger partial charge in [0.15, 0.2) is 0 Å². The molecule has 0 aromatic heterocycles. The molecule has 18 heavy (non-hydrogen) atoms. The summed E-state index contributed by atoms with van der Waals surface area (Å²) >= 11 is 0. The Morgan fingerprint density at radius 3 is 1.39 bits per heavy atom. The molecule has 0 aliphatic carbocycles. The minimum Gasteiger partial charge on any atom is -0.431 e. The summed E-state index contributed by atoms with van der Waals surface area (Å²) in [7, 11) is 0. The summed E-state index contributed by atoms with van der Waals surface area (Å²) in [4.78, 5) is 11.8. The van der Waals surface area contributed by atoms with Crippen molar-refractivity contribution < 1.29 is 14.3 Å².